The average Bonchev–Trinajstić information content (AvgIpc) is 3.27. The number of rotatable bonds is 7. The number of hydrogen-bond donors (Lipinski definition) is 1. The molecule has 2 aromatic carbocycles. The van der Waals surface area contributed by atoms with Crippen LogP contribution in [0.3, 0.4) is 0 Å². The van der Waals surface area contributed by atoms with E-state index in [1.807, 2.05) is 0 Å². The van der Waals surface area contributed by atoms with E-state index < -0.39 is 22.2 Å². The summed E-state index contributed by atoms with van der Waals surface area (Å²) in [6.45, 7) is 2.33. The maximum atomic E-state index is 13.6. The van der Waals surface area contributed by atoms with Gasteiger partial charge in [0.2, 0.25) is 0 Å². The number of carbonyl (C=O) groups is 1. The Morgan fingerprint density at radius 2 is 1.74 bits per heavy atom. The molecule has 0 aromatic heterocycles. The smallest absolute Gasteiger partial charge is 0.409 e. The van der Waals surface area contributed by atoms with Crippen molar-refractivity contribution in [3.05, 3.63) is 58.1 Å². The Hall–Kier alpha value is -2.00. The molecule has 2 aromatic rings. The van der Waals surface area contributed by atoms with Gasteiger partial charge in [-0.1, -0.05) is 29.3 Å². The van der Waals surface area contributed by atoms with Crippen LogP contribution in [0.25, 0.3) is 0 Å². The number of likely N-dealkylation sites (tertiary alicyclic amines) is 1. The third-order valence-corrected chi connectivity index (χ3v) is 7.47. The van der Waals surface area contributed by atoms with Crippen molar-refractivity contribution in [3.8, 4) is 0 Å². The van der Waals surface area contributed by atoms with E-state index in [1.54, 1.807) is 24.0 Å². The van der Waals surface area contributed by atoms with E-state index in [0.717, 1.165) is 17.1 Å². The number of nitrogens with zero attached hydrogens (tertiary/aromatic N) is 2. The number of benzene rings is 2. The van der Waals surface area contributed by atoms with Crippen LogP contribution in [0.4, 0.5) is 10.5 Å². The molecule has 1 amide bonds. The fourth-order valence-electron chi connectivity index (χ4n) is 3.45. The minimum atomic E-state index is -4.09. The summed E-state index contributed by atoms with van der Waals surface area (Å²) in [5.41, 5.74) is 0.592. The number of halogens is 2. The maximum Gasteiger partial charge on any atom is 0.409 e. The largest absolute Gasteiger partial charge is 0.447 e. The first-order valence-corrected chi connectivity index (χ1v) is 12.0. The van der Waals surface area contributed by atoms with E-state index in [-0.39, 0.29) is 23.8 Å². The molecule has 168 valence electrons. The molecule has 7 nitrogen and oxygen atoms in total. The lowest BCUT2D eigenvalue weighted by atomic mass is 10.1. The summed E-state index contributed by atoms with van der Waals surface area (Å²) in [7, 11) is -4.09. The van der Waals surface area contributed by atoms with Crippen LogP contribution in [0, 0.1) is 0 Å². The molecule has 31 heavy (non-hydrogen) atoms. The third-order valence-electron chi connectivity index (χ3n) is 5.04. The maximum absolute atomic E-state index is 13.6. The molecule has 3 rings (SSSR count). The van der Waals surface area contributed by atoms with Gasteiger partial charge in [0.15, 0.2) is 0 Å². The summed E-state index contributed by atoms with van der Waals surface area (Å²) in [4.78, 5) is 13.9. The zero-order valence-corrected chi connectivity index (χ0v) is 19.3. The quantitative estimate of drug-likeness (QED) is 0.629. The molecule has 1 unspecified atom stereocenters. The van der Waals surface area contributed by atoms with Gasteiger partial charge in [-0.15, -0.1) is 0 Å². The van der Waals surface area contributed by atoms with Crippen molar-refractivity contribution in [2.24, 2.45) is 0 Å². The minimum Gasteiger partial charge on any atom is -0.447 e. The van der Waals surface area contributed by atoms with Crippen LogP contribution in [0.15, 0.2) is 47.4 Å². The Bertz CT molecular complexity index is 1020. The third kappa shape index (κ3) is 5.44. The molecule has 0 saturated carbocycles. The molecule has 1 heterocycles. The highest BCUT2D eigenvalue weighted by Crippen LogP contribution is 2.32. The fraction of sp³-hybridized carbons (Fsp3) is 0.381. The van der Waals surface area contributed by atoms with Gasteiger partial charge in [0.1, 0.15) is 6.61 Å². The highest BCUT2D eigenvalue weighted by atomic mass is 35.5. The molecule has 0 spiro atoms. The summed E-state index contributed by atoms with van der Waals surface area (Å²) in [6, 6.07) is 9.60. The van der Waals surface area contributed by atoms with Crippen LogP contribution >= 0.6 is 23.2 Å². The van der Waals surface area contributed by atoms with E-state index >= 15 is 0 Å². The van der Waals surface area contributed by atoms with Crippen molar-refractivity contribution in [1.29, 1.82) is 0 Å². The van der Waals surface area contributed by atoms with Crippen molar-refractivity contribution in [3.63, 3.8) is 0 Å². The molecule has 0 radical (unpaired) electrons. The topological polar surface area (TPSA) is 87.2 Å². The zero-order valence-electron chi connectivity index (χ0n) is 17.0. The second-order valence-corrected chi connectivity index (χ2v) is 9.99. The Labute approximate surface area is 192 Å². The number of ether oxygens (including phenoxy) is 1. The van der Waals surface area contributed by atoms with Gasteiger partial charge in [-0.05, 0) is 56.2 Å². The molecule has 1 aliphatic heterocycles. The highest BCUT2D eigenvalue weighted by Gasteiger charge is 2.32. The first kappa shape index (κ1) is 23.7. The average molecular weight is 487 g/mol. The summed E-state index contributed by atoms with van der Waals surface area (Å²) in [5.74, 6) is 0. The van der Waals surface area contributed by atoms with E-state index in [9.17, 15) is 18.3 Å². The Morgan fingerprint density at radius 3 is 2.35 bits per heavy atom. The summed E-state index contributed by atoms with van der Waals surface area (Å²) >= 11 is 12.1. The number of sulfonamides is 1. The van der Waals surface area contributed by atoms with E-state index in [4.69, 9.17) is 27.9 Å². The first-order valence-electron chi connectivity index (χ1n) is 9.85. The van der Waals surface area contributed by atoms with E-state index in [0.29, 0.717) is 28.7 Å². The first-order chi connectivity index (χ1) is 14.7. The monoisotopic (exact) mass is 486 g/mol. The van der Waals surface area contributed by atoms with Gasteiger partial charge in [-0.25, -0.2) is 13.2 Å². The number of aliphatic hydroxyl groups excluding tert-OH is 1. The second-order valence-electron chi connectivity index (χ2n) is 7.31. The molecule has 0 aliphatic carbocycles. The van der Waals surface area contributed by atoms with Crippen LogP contribution in [0.1, 0.15) is 25.3 Å². The van der Waals surface area contributed by atoms with Gasteiger partial charge in [0.05, 0.1) is 23.2 Å². The molecule has 1 N–H and O–H groups in total. The number of carbonyl (C=O) groups excluding carboxylic acids is 1. The lowest BCUT2D eigenvalue weighted by molar-refractivity contribution is 0.107. The molecule has 1 aliphatic rings. The minimum absolute atomic E-state index is 0.0125. The molecule has 0 bridgehead atoms. The van der Waals surface area contributed by atoms with Crippen molar-refractivity contribution < 1.29 is 23.1 Å². The van der Waals surface area contributed by atoms with Gasteiger partial charge >= 0.3 is 6.09 Å². The van der Waals surface area contributed by atoms with Gasteiger partial charge in [0, 0.05) is 28.7 Å². The van der Waals surface area contributed by atoms with Crippen LogP contribution in [0.5, 0.6) is 0 Å². The Balaban J connectivity index is 1.97. The summed E-state index contributed by atoms with van der Waals surface area (Å²) in [5, 5.41) is 10.5. The molecule has 1 saturated heterocycles. The fourth-order valence-corrected chi connectivity index (χ4v) is 5.41. The molecular weight excluding hydrogens is 463 g/mol. The van der Waals surface area contributed by atoms with Crippen molar-refractivity contribution in [2.45, 2.75) is 37.3 Å². The predicted molar refractivity (Wildman–Crippen MR) is 120 cm³/mol. The van der Waals surface area contributed by atoms with E-state index in [2.05, 4.69) is 0 Å². The predicted octanol–water partition coefficient (Wildman–Crippen LogP) is 4.30. The van der Waals surface area contributed by atoms with Crippen molar-refractivity contribution in [2.75, 3.05) is 24.0 Å². The van der Waals surface area contributed by atoms with Crippen molar-refractivity contribution in [1.82, 2.24) is 4.90 Å². The van der Waals surface area contributed by atoms with Gasteiger partial charge in [-0.3, -0.25) is 4.31 Å². The van der Waals surface area contributed by atoms with Gasteiger partial charge in [0.25, 0.3) is 10.0 Å². The van der Waals surface area contributed by atoms with Gasteiger partial charge in [-0.2, -0.15) is 0 Å². The highest BCUT2D eigenvalue weighted by molar-refractivity contribution is 7.92. The number of amides is 1. The number of anilines is 1. The standard InChI is InChI=1S/C21H24Cl2N2O5S/c1-15(14-30-21(27)24-10-2-3-11-24)25(20-12-18(23)5-4-16(20)13-26)31(28,29)19-8-6-17(22)7-9-19/h4-9,12,15,26H,2-3,10-11,13-14H2,1H3. The molecule has 10 heteroatoms. The molecular formula is C21H24Cl2N2O5S. The van der Waals surface area contributed by atoms with Crippen LogP contribution in [-0.2, 0) is 21.4 Å². The zero-order chi connectivity index (χ0) is 22.6. The molecule has 1 atom stereocenters. The summed E-state index contributed by atoms with van der Waals surface area (Å²) < 4.78 is 33.7. The SMILES string of the molecule is CC(COC(=O)N1CCCC1)N(c1cc(Cl)ccc1CO)S(=O)(=O)c1ccc(Cl)cc1. The van der Waals surface area contributed by atoms with Crippen molar-refractivity contribution >= 4 is 45.0 Å². The normalized spacial score (nSPS) is 15.0. The van der Waals surface area contributed by atoms with E-state index in [1.165, 1.54) is 30.3 Å². The number of aliphatic hydroxyl groups is 1. The lowest BCUT2D eigenvalue weighted by Gasteiger charge is -2.32. The summed E-state index contributed by atoms with van der Waals surface area (Å²) in [6.07, 6.45) is 1.37. The van der Waals surface area contributed by atoms with Crippen LogP contribution in [0.2, 0.25) is 10.0 Å². The van der Waals surface area contributed by atoms with Crippen LogP contribution in [-0.4, -0.2) is 50.3 Å². The Morgan fingerprint density at radius 1 is 1.13 bits per heavy atom. The van der Waals surface area contributed by atoms with Crippen LogP contribution < -0.4 is 4.31 Å². The number of hydrogen-bond acceptors (Lipinski definition) is 5. The Kier molecular flexibility index (Phi) is 7.69. The second kappa shape index (κ2) is 10.1. The molecule has 1 fully saturated rings. The van der Waals surface area contributed by atoms with Gasteiger partial charge < -0.3 is 14.7 Å². The lowest BCUT2D eigenvalue weighted by Crippen LogP contribution is -2.43.